The summed E-state index contributed by atoms with van der Waals surface area (Å²) in [5.74, 6) is 0. The van der Waals surface area contributed by atoms with E-state index in [0.29, 0.717) is 4.05 Å². The van der Waals surface area contributed by atoms with Crippen molar-refractivity contribution in [1.82, 2.24) is 0 Å². The van der Waals surface area contributed by atoms with E-state index in [0.717, 1.165) is 0 Å². The zero-order chi connectivity index (χ0) is 12.0. The first-order valence-electron chi connectivity index (χ1n) is 5.97. The van der Waals surface area contributed by atoms with Gasteiger partial charge >= 0.3 is 0 Å². The highest BCUT2D eigenvalue weighted by Gasteiger charge is 2.13. The van der Waals surface area contributed by atoms with Crippen LogP contribution in [-0.2, 0) is 0 Å². The van der Waals surface area contributed by atoms with E-state index in [4.69, 9.17) is 0 Å². The van der Waals surface area contributed by atoms with Gasteiger partial charge in [0.1, 0.15) is 0 Å². The zero-order valence-electron chi connectivity index (χ0n) is 10.5. The van der Waals surface area contributed by atoms with Crippen molar-refractivity contribution in [3.63, 3.8) is 0 Å². The van der Waals surface area contributed by atoms with E-state index in [9.17, 15) is 0 Å². The van der Waals surface area contributed by atoms with Crippen LogP contribution in [0.5, 0.6) is 0 Å². The van der Waals surface area contributed by atoms with E-state index in [1.165, 1.54) is 31.4 Å². The fourth-order valence-electron chi connectivity index (χ4n) is 1.63. The Morgan fingerprint density at radius 1 is 1.25 bits per heavy atom. The summed E-state index contributed by atoms with van der Waals surface area (Å²) in [4.78, 5) is 2.13. The van der Waals surface area contributed by atoms with Gasteiger partial charge in [-0.1, -0.05) is 19.8 Å². The summed E-state index contributed by atoms with van der Waals surface area (Å²) in [6.07, 6.45) is 9.59. The smallest absolute Gasteiger partial charge is 0.207 e. The Morgan fingerprint density at radius 3 is 2.38 bits per heavy atom. The van der Waals surface area contributed by atoms with Gasteiger partial charge in [0.15, 0.2) is 12.4 Å². The quantitative estimate of drug-likeness (QED) is 0.334. The predicted octanol–water partition coefficient (Wildman–Crippen LogP) is 3.55. The van der Waals surface area contributed by atoms with Crippen LogP contribution in [0.2, 0.25) is 0 Å². The van der Waals surface area contributed by atoms with E-state index in [-0.39, 0.29) is 0 Å². The SMILES string of the molecule is CCCCCC(I)[n+]1ccc(N(C)C)cc1. The molecule has 1 atom stereocenters. The largest absolute Gasteiger partial charge is 0.377 e. The normalized spacial score (nSPS) is 12.5. The van der Waals surface area contributed by atoms with Crippen molar-refractivity contribution in [2.75, 3.05) is 19.0 Å². The molecule has 0 aliphatic carbocycles. The molecule has 0 bridgehead atoms. The van der Waals surface area contributed by atoms with Crippen molar-refractivity contribution in [2.24, 2.45) is 0 Å². The number of anilines is 1. The number of hydrogen-bond acceptors (Lipinski definition) is 1. The molecule has 1 heterocycles. The van der Waals surface area contributed by atoms with Crippen LogP contribution in [0.1, 0.15) is 36.7 Å². The number of nitrogens with zero attached hydrogens (tertiary/aromatic N) is 2. The third-order valence-corrected chi connectivity index (χ3v) is 3.99. The third-order valence-electron chi connectivity index (χ3n) is 2.72. The van der Waals surface area contributed by atoms with Crippen LogP contribution < -0.4 is 9.47 Å². The molecule has 0 N–H and O–H groups in total. The molecule has 1 unspecified atom stereocenters. The molecule has 0 fully saturated rings. The molecule has 1 aromatic heterocycles. The minimum absolute atomic E-state index is 0.584. The van der Waals surface area contributed by atoms with E-state index >= 15 is 0 Å². The summed E-state index contributed by atoms with van der Waals surface area (Å²) < 4.78 is 2.88. The van der Waals surface area contributed by atoms with Crippen molar-refractivity contribution in [3.8, 4) is 0 Å². The van der Waals surface area contributed by atoms with Gasteiger partial charge in [-0.05, 0) is 29.0 Å². The summed E-state index contributed by atoms with van der Waals surface area (Å²) in [6, 6.07) is 4.34. The maximum atomic E-state index is 2.53. The number of pyridine rings is 1. The Hall–Kier alpha value is -0.320. The maximum absolute atomic E-state index is 2.53. The molecule has 0 amide bonds. The minimum atomic E-state index is 0.584. The van der Waals surface area contributed by atoms with E-state index in [2.05, 4.69) is 77.6 Å². The van der Waals surface area contributed by atoms with E-state index in [1.54, 1.807) is 0 Å². The molecular formula is C13H22IN2+. The monoisotopic (exact) mass is 333 g/mol. The van der Waals surface area contributed by atoms with Crippen LogP contribution in [0.15, 0.2) is 24.5 Å². The van der Waals surface area contributed by atoms with Gasteiger partial charge in [-0.25, -0.2) is 0 Å². The second-order valence-electron chi connectivity index (χ2n) is 4.33. The lowest BCUT2D eigenvalue weighted by Crippen LogP contribution is -2.35. The second-order valence-corrected chi connectivity index (χ2v) is 5.77. The van der Waals surface area contributed by atoms with Crippen LogP contribution in [0.25, 0.3) is 0 Å². The van der Waals surface area contributed by atoms with Crippen LogP contribution in [0, 0.1) is 0 Å². The summed E-state index contributed by atoms with van der Waals surface area (Å²) in [5.41, 5.74) is 1.26. The summed E-state index contributed by atoms with van der Waals surface area (Å²) in [7, 11) is 4.14. The highest BCUT2D eigenvalue weighted by Crippen LogP contribution is 2.17. The van der Waals surface area contributed by atoms with Gasteiger partial charge in [0, 0.05) is 38.3 Å². The highest BCUT2D eigenvalue weighted by molar-refractivity contribution is 14.1. The lowest BCUT2D eigenvalue weighted by Gasteiger charge is -2.11. The molecule has 0 aromatic carbocycles. The molecule has 1 rings (SSSR count). The lowest BCUT2D eigenvalue weighted by atomic mass is 10.2. The van der Waals surface area contributed by atoms with Crippen LogP contribution in [-0.4, -0.2) is 14.1 Å². The summed E-state index contributed by atoms with van der Waals surface area (Å²) >= 11 is 2.53. The van der Waals surface area contributed by atoms with Gasteiger partial charge in [-0.15, -0.1) is 0 Å². The van der Waals surface area contributed by atoms with Gasteiger partial charge in [0.05, 0.1) is 0 Å². The molecule has 0 saturated carbocycles. The van der Waals surface area contributed by atoms with E-state index < -0.39 is 0 Å². The van der Waals surface area contributed by atoms with Gasteiger partial charge in [0.25, 0.3) is 0 Å². The zero-order valence-corrected chi connectivity index (χ0v) is 12.6. The van der Waals surface area contributed by atoms with Gasteiger partial charge in [-0.2, -0.15) is 4.57 Å². The highest BCUT2D eigenvalue weighted by atomic mass is 127. The molecule has 3 heteroatoms. The number of halogens is 1. The Balaban J connectivity index is 2.52. The average molecular weight is 333 g/mol. The number of hydrogen-bond donors (Lipinski definition) is 0. The summed E-state index contributed by atoms with van der Waals surface area (Å²) in [6.45, 7) is 2.25. The second kappa shape index (κ2) is 7.09. The average Bonchev–Trinajstić information content (AvgIpc) is 2.29. The third kappa shape index (κ3) is 4.28. The Bertz CT molecular complexity index is 295. The lowest BCUT2D eigenvalue weighted by molar-refractivity contribution is -0.694. The number of alkyl halides is 1. The van der Waals surface area contributed by atoms with Crippen molar-refractivity contribution in [2.45, 2.75) is 36.7 Å². The topological polar surface area (TPSA) is 7.12 Å². The Morgan fingerprint density at radius 2 is 1.88 bits per heavy atom. The predicted molar refractivity (Wildman–Crippen MR) is 78.2 cm³/mol. The fraction of sp³-hybridized carbons (Fsp3) is 0.615. The number of aromatic nitrogens is 1. The number of rotatable bonds is 6. The van der Waals surface area contributed by atoms with Crippen LogP contribution >= 0.6 is 22.6 Å². The van der Waals surface area contributed by atoms with Gasteiger partial charge in [0.2, 0.25) is 4.05 Å². The first-order valence-corrected chi connectivity index (χ1v) is 7.22. The fourth-order valence-corrected chi connectivity index (χ4v) is 2.44. The molecule has 0 aliphatic heterocycles. The number of unbranched alkanes of at least 4 members (excludes halogenated alkanes) is 2. The van der Waals surface area contributed by atoms with Gasteiger partial charge < -0.3 is 4.90 Å². The van der Waals surface area contributed by atoms with Crippen LogP contribution in [0.4, 0.5) is 5.69 Å². The first kappa shape index (κ1) is 13.7. The molecule has 1 aromatic rings. The van der Waals surface area contributed by atoms with Crippen LogP contribution in [0.3, 0.4) is 0 Å². The van der Waals surface area contributed by atoms with Crippen molar-refractivity contribution < 1.29 is 4.57 Å². The van der Waals surface area contributed by atoms with Crippen molar-refractivity contribution in [1.29, 1.82) is 0 Å². The van der Waals surface area contributed by atoms with E-state index in [1.807, 2.05) is 0 Å². The minimum Gasteiger partial charge on any atom is -0.377 e. The molecule has 0 spiro atoms. The van der Waals surface area contributed by atoms with Crippen molar-refractivity contribution in [3.05, 3.63) is 24.5 Å². The standard InChI is InChI=1S/C13H22IN2/c1-4-5-6-7-13(14)16-10-8-12(9-11-16)15(2)3/h8-11,13H,4-7H2,1-3H3/q+1. The summed E-state index contributed by atoms with van der Waals surface area (Å²) in [5, 5.41) is 0. The Kier molecular flexibility index (Phi) is 6.09. The molecule has 0 saturated heterocycles. The molecule has 90 valence electrons. The molecule has 16 heavy (non-hydrogen) atoms. The molecule has 2 nitrogen and oxygen atoms in total. The first-order chi connectivity index (χ1) is 7.65. The van der Waals surface area contributed by atoms with Crippen molar-refractivity contribution >= 4 is 28.3 Å². The Labute approximate surface area is 113 Å². The van der Waals surface area contributed by atoms with Gasteiger partial charge in [-0.3, -0.25) is 0 Å². The maximum Gasteiger partial charge on any atom is 0.207 e. The molecule has 0 aliphatic rings. The molecule has 0 radical (unpaired) electrons. The molecular weight excluding hydrogens is 311 g/mol.